The maximum atomic E-state index is 13.0. The Hall–Kier alpha value is -3.90. The van der Waals surface area contributed by atoms with Crippen LogP contribution in [0.2, 0.25) is 0 Å². The molecule has 0 fully saturated rings. The van der Waals surface area contributed by atoms with Gasteiger partial charge in [-0.05, 0) is 0 Å². The lowest BCUT2D eigenvalue weighted by Crippen LogP contribution is -2.56. The van der Waals surface area contributed by atoms with E-state index in [9.17, 15) is 28.8 Å². The number of rotatable bonds is 18. The van der Waals surface area contributed by atoms with Crippen LogP contribution in [0.15, 0.2) is 14.4 Å². The van der Waals surface area contributed by atoms with E-state index in [2.05, 4.69) is 16.0 Å². The molecule has 0 saturated carbocycles. The molecule has 0 unspecified atom stereocenters. The number of hydrogen-bond acceptors (Lipinski definition) is 12. The molecule has 0 bridgehead atoms. The number of nitrogens with zero attached hydrogens (tertiary/aromatic N) is 3. The molecule has 3 N–H and O–H groups in total. The standard InChI is InChI=1S/C21H36N6O12/c1-34-10-13-37-16(28)22-4-7-25-19(31)26(8-5-23-17(29)38-14-11-35-2)21(33)27(20(25)32)9-6-24-18(30)39-15-12-36-3/h4-15H2,1-3H3,(H,22,28)(H,23,29)(H,24,30). The molecule has 0 aromatic carbocycles. The molecular weight excluding hydrogens is 528 g/mol. The Balaban J connectivity index is 3.00. The zero-order valence-electron chi connectivity index (χ0n) is 22.2. The van der Waals surface area contributed by atoms with Crippen molar-refractivity contribution < 1.29 is 42.8 Å². The maximum Gasteiger partial charge on any atom is 0.407 e. The number of amides is 3. The van der Waals surface area contributed by atoms with E-state index in [1.807, 2.05) is 0 Å². The Labute approximate surface area is 223 Å². The molecule has 0 saturated heterocycles. The Morgan fingerprint density at radius 2 is 0.769 bits per heavy atom. The first kappa shape index (κ1) is 33.1. The molecule has 18 heteroatoms. The summed E-state index contributed by atoms with van der Waals surface area (Å²) in [6.07, 6.45) is -2.37. The molecule has 1 heterocycles. The van der Waals surface area contributed by atoms with Crippen LogP contribution >= 0.6 is 0 Å². The Morgan fingerprint density at radius 3 is 1.00 bits per heavy atom. The smallest absolute Gasteiger partial charge is 0.407 e. The summed E-state index contributed by atoms with van der Waals surface area (Å²) in [5.41, 5.74) is -2.88. The minimum Gasteiger partial charge on any atom is -0.447 e. The van der Waals surface area contributed by atoms with Gasteiger partial charge in [-0.2, -0.15) is 0 Å². The molecule has 0 aliphatic heterocycles. The SMILES string of the molecule is COCCOC(=O)NCCn1c(=O)n(CCNC(=O)OCCOC)c(=O)n(CCNC(=O)OCCOC)c1=O. The summed E-state index contributed by atoms with van der Waals surface area (Å²) in [7, 11) is 4.31. The zero-order valence-corrected chi connectivity index (χ0v) is 22.2. The van der Waals surface area contributed by atoms with E-state index in [-0.39, 0.29) is 78.9 Å². The van der Waals surface area contributed by atoms with Crippen LogP contribution in [-0.2, 0) is 48.1 Å². The van der Waals surface area contributed by atoms with E-state index in [0.717, 1.165) is 13.7 Å². The van der Waals surface area contributed by atoms with Gasteiger partial charge in [-0.3, -0.25) is 0 Å². The average Bonchev–Trinajstić information content (AvgIpc) is 2.90. The van der Waals surface area contributed by atoms with Gasteiger partial charge in [-0.25, -0.2) is 42.5 Å². The second-order valence-electron chi connectivity index (χ2n) is 7.47. The normalized spacial score (nSPS) is 10.5. The van der Waals surface area contributed by atoms with Crippen molar-refractivity contribution in [3.63, 3.8) is 0 Å². The number of nitrogens with one attached hydrogen (secondary N) is 3. The minimum atomic E-state index is -0.961. The predicted molar refractivity (Wildman–Crippen MR) is 133 cm³/mol. The van der Waals surface area contributed by atoms with E-state index in [1.165, 1.54) is 21.3 Å². The van der Waals surface area contributed by atoms with Gasteiger partial charge in [-0.1, -0.05) is 0 Å². The van der Waals surface area contributed by atoms with Crippen LogP contribution in [0.25, 0.3) is 0 Å². The van der Waals surface area contributed by atoms with Crippen LogP contribution in [0.1, 0.15) is 0 Å². The summed E-state index contributed by atoms with van der Waals surface area (Å²) in [5.74, 6) is 0. The van der Waals surface area contributed by atoms with Crippen LogP contribution < -0.4 is 33.0 Å². The molecule has 1 rings (SSSR count). The quantitative estimate of drug-likeness (QED) is 0.123. The van der Waals surface area contributed by atoms with Crippen molar-refractivity contribution in [2.24, 2.45) is 0 Å². The maximum absolute atomic E-state index is 13.0. The first-order valence-electron chi connectivity index (χ1n) is 11.9. The van der Waals surface area contributed by atoms with E-state index in [4.69, 9.17) is 28.4 Å². The number of carbonyl (C=O) groups excluding carboxylic acids is 3. The minimum absolute atomic E-state index is 0.00176. The predicted octanol–water partition coefficient (Wildman–Crippen LogP) is -2.71. The van der Waals surface area contributed by atoms with Gasteiger partial charge in [0.05, 0.1) is 19.8 Å². The molecule has 18 nitrogen and oxygen atoms in total. The highest BCUT2D eigenvalue weighted by molar-refractivity contribution is 5.67. The fourth-order valence-electron chi connectivity index (χ4n) is 2.87. The number of alkyl carbamates (subject to hydrolysis) is 3. The molecule has 0 aliphatic carbocycles. The number of aromatic nitrogens is 3. The van der Waals surface area contributed by atoms with Crippen molar-refractivity contribution in [1.29, 1.82) is 0 Å². The first-order chi connectivity index (χ1) is 18.8. The van der Waals surface area contributed by atoms with Crippen molar-refractivity contribution in [2.45, 2.75) is 19.6 Å². The van der Waals surface area contributed by atoms with Crippen molar-refractivity contribution in [3.8, 4) is 0 Å². The highest BCUT2D eigenvalue weighted by Gasteiger charge is 2.16. The lowest BCUT2D eigenvalue weighted by molar-refractivity contribution is 0.0982. The summed E-state index contributed by atoms with van der Waals surface area (Å²) in [5, 5.41) is 7.15. The fraction of sp³-hybridized carbons (Fsp3) is 0.714. The summed E-state index contributed by atoms with van der Waals surface area (Å²) in [6, 6.07) is 0. The highest BCUT2D eigenvalue weighted by Crippen LogP contribution is 1.84. The van der Waals surface area contributed by atoms with Crippen molar-refractivity contribution in [2.75, 3.05) is 80.6 Å². The van der Waals surface area contributed by atoms with Gasteiger partial charge in [-0.15, -0.1) is 0 Å². The molecule has 0 spiro atoms. The van der Waals surface area contributed by atoms with Crippen molar-refractivity contribution in [1.82, 2.24) is 29.7 Å². The zero-order chi connectivity index (χ0) is 29.0. The number of methoxy groups -OCH3 is 3. The third-order valence-electron chi connectivity index (χ3n) is 4.76. The molecule has 222 valence electrons. The van der Waals surface area contributed by atoms with Gasteiger partial charge >= 0.3 is 35.3 Å². The molecule has 0 atom stereocenters. The molecule has 1 aromatic rings. The van der Waals surface area contributed by atoms with Crippen LogP contribution in [0, 0.1) is 0 Å². The number of hydrogen-bond donors (Lipinski definition) is 3. The van der Waals surface area contributed by atoms with Gasteiger partial charge < -0.3 is 44.4 Å². The monoisotopic (exact) mass is 564 g/mol. The first-order valence-corrected chi connectivity index (χ1v) is 11.9. The topological polar surface area (TPSA) is 209 Å². The van der Waals surface area contributed by atoms with E-state index in [1.54, 1.807) is 0 Å². The second kappa shape index (κ2) is 19.2. The Morgan fingerprint density at radius 1 is 0.513 bits per heavy atom. The average molecular weight is 565 g/mol. The van der Waals surface area contributed by atoms with Gasteiger partial charge in [0.15, 0.2) is 0 Å². The van der Waals surface area contributed by atoms with Gasteiger partial charge in [0.25, 0.3) is 0 Å². The number of carbonyl (C=O) groups is 3. The molecule has 0 radical (unpaired) electrons. The highest BCUT2D eigenvalue weighted by atomic mass is 16.6. The molecule has 39 heavy (non-hydrogen) atoms. The Kier molecular flexibility index (Phi) is 16.3. The van der Waals surface area contributed by atoms with Crippen molar-refractivity contribution >= 4 is 18.3 Å². The molecular formula is C21H36N6O12. The second-order valence-corrected chi connectivity index (χ2v) is 7.47. The lowest BCUT2D eigenvalue weighted by atomic mass is 10.5. The number of ether oxygens (including phenoxy) is 6. The third-order valence-corrected chi connectivity index (χ3v) is 4.76. The van der Waals surface area contributed by atoms with Gasteiger partial charge in [0.1, 0.15) is 19.8 Å². The van der Waals surface area contributed by atoms with Gasteiger partial charge in [0.2, 0.25) is 0 Å². The van der Waals surface area contributed by atoms with Crippen molar-refractivity contribution in [3.05, 3.63) is 31.5 Å². The fourth-order valence-corrected chi connectivity index (χ4v) is 2.87. The molecule has 3 amide bonds. The lowest BCUT2D eigenvalue weighted by Gasteiger charge is -2.15. The van der Waals surface area contributed by atoms with E-state index in [0.29, 0.717) is 0 Å². The Bertz CT molecular complexity index is 919. The largest absolute Gasteiger partial charge is 0.447 e. The molecule has 0 aliphatic rings. The van der Waals surface area contributed by atoms with Crippen LogP contribution in [0.3, 0.4) is 0 Å². The van der Waals surface area contributed by atoms with Gasteiger partial charge in [0, 0.05) is 60.6 Å². The summed E-state index contributed by atoms with van der Waals surface area (Å²) in [4.78, 5) is 74.1. The summed E-state index contributed by atoms with van der Waals surface area (Å²) >= 11 is 0. The summed E-state index contributed by atoms with van der Waals surface area (Å²) in [6.45, 7) is -0.846. The summed E-state index contributed by atoms with van der Waals surface area (Å²) < 4.78 is 31.1. The van der Waals surface area contributed by atoms with E-state index < -0.39 is 35.3 Å². The van der Waals surface area contributed by atoms with E-state index >= 15 is 0 Å². The third kappa shape index (κ3) is 12.5. The van der Waals surface area contributed by atoms with Crippen LogP contribution in [0.4, 0.5) is 14.4 Å². The van der Waals surface area contributed by atoms with Crippen LogP contribution in [0.5, 0.6) is 0 Å². The van der Waals surface area contributed by atoms with Crippen LogP contribution in [-0.4, -0.2) is 113 Å². The molecule has 1 aromatic heterocycles.